The predicted molar refractivity (Wildman–Crippen MR) is 65.0 cm³/mol. The summed E-state index contributed by atoms with van der Waals surface area (Å²) in [6.07, 6.45) is 5.54. The average molecular weight is 210 g/mol. The van der Waals surface area contributed by atoms with Gasteiger partial charge in [-0.15, -0.1) is 0 Å². The molecule has 0 aromatic heterocycles. The Morgan fingerprint density at radius 1 is 1.20 bits per heavy atom. The van der Waals surface area contributed by atoms with Crippen LogP contribution in [0.2, 0.25) is 0 Å². The molecule has 2 atom stereocenters. The Hall–Kier alpha value is -0.0800. The fourth-order valence-electron chi connectivity index (χ4n) is 3.37. The van der Waals surface area contributed by atoms with Crippen molar-refractivity contribution in [2.24, 2.45) is 11.8 Å². The first-order valence-electron chi connectivity index (χ1n) is 6.76. The van der Waals surface area contributed by atoms with Gasteiger partial charge in [0.25, 0.3) is 0 Å². The van der Waals surface area contributed by atoms with Gasteiger partial charge in [-0.05, 0) is 57.2 Å². The zero-order valence-corrected chi connectivity index (χ0v) is 10.3. The van der Waals surface area contributed by atoms with E-state index in [1.807, 2.05) is 0 Å². The summed E-state index contributed by atoms with van der Waals surface area (Å²) < 4.78 is 0. The van der Waals surface area contributed by atoms with Gasteiger partial charge in [-0.2, -0.15) is 0 Å². The van der Waals surface area contributed by atoms with Crippen molar-refractivity contribution in [3.8, 4) is 0 Å². The lowest BCUT2D eigenvalue weighted by atomic mass is 9.96. The fourth-order valence-corrected chi connectivity index (χ4v) is 3.37. The van der Waals surface area contributed by atoms with E-state index in [1.54, 1.807) is 0 Å². The van der Waals surface area contributed by atoms with E-state index < -0.39 is 0 Å². The largest absolute Gasteiger partial charge is 0.317 e. The highest BCUT2D eigenvalue weighted by molar-refractivity contribution is 4.85. The zero-order chi connectivity index (χ0) is 10.7. The molecule has 2 aliphatic heterocycles. The number of hydrogen-bond acceptors (Lipinski definition) is 2. The molecule has 88 valence electrons. The maximum absolute atomic E-state index is 3.46. The molecule has 2 rings (SSSR count). The summed E-state index contributed by atoms with van der Waals surface area (Å²) in [4.78, 5) is 2.76. The molecule has 0 saturated carbocycles. The minimum absolute atomic E-state index is 0.875. The second-order valence-corrected chi connectivity index (χ2v) is 5.43. The highest BCUT2D eigenvalue weighted by Crippen LogP contribution is 2.28. The smallest absolute Gasteiger partial charge is 0.0119 e. The summed E-state index contributed by atoms with van der Waals surface area (Å²) in [7, 11) is 0. The van der Waals surface area contributed by atoms with E-state index in [0.29, 0.717) is 0 Å². The van der Waals surface area contributed by atoms with E-state index >= 15 is 0 Å². The van der Waals surface area contributed by atoms with Crippen LogP contribution in [0, 0.1) is 11.8 Å². The third-order valence-corrected chi connectivity index (χ3v) is 4.37. The van der Waals surface area contributed by atoms with Crippen molar-refractivity contribution in [3.63, 3.8) is 0 Å². The Balaban J connectivity index is 1.82. The number of nitrogens with zero attached hydrogens (tertiary/aromatic N) is 1. The Morgan fingerprint density at radius 2 is 1.93 bits per heavy atom. The van der Waals surface area contributed by atoms with Gasteiger partial charge in [-0.1, -0.05) is 13.8 Å². The summed E-state index contributed by atoms with van der Waals surface area (Å²) >= 11 is 0. The van der Waals surface area contributed by atoms with Crippen molar-refractivity contribution in [2.45, 2.75) is 45.6 Å². The van der Waals surface area contributed by atoms with Crippen LogP contribution >= 0.6 is 0 Å². The van der Waals surface area contributed by atoms with Crippen molar-refractivity contribution >= 4 is 0 Å². The first-order valence-corrected chi connectivity index (χ1v) is 6.76. The summed E-state index contributed by atoms with van der Waals surface area (Å²) in [5.74, 6) is 1.89. The number of likely N-dealkylation sites (tertiary alicyclic amines) is 1. The van der Waals surface area contributed by atoms with Crippen LogP contribution in [-0.4, -0.2) is 37.1 Å². The molecule has 2 fully saturated rings. The molecule has 15 heavy (non-hydrogen) atoms. The molecule has 2 unspecified atom stereocenters. The molecular weight excluding hydrogens is 184 g/mol. The van der Waals surface area contributed by atoms with Crippen LogP contribution in [0.25, 0.3) is 0 Å². The van der Waals surface area contributed by atoms with Gasteiger partial charge in [-0.25, -0.2) is 0 Å². The van der Waals surface area contributed by atoms with Gasteiger partial charge in [0, 0.05) is 12.6 Å². The SMILES string of the molecule is CCC1C(C)CCN1CC1CCNCC1. The van der Waals surface area contributed by atoms with Crippen molar-refractivity contribution in [1.29, 1.82) is 0 Å². The zero-order valence-electron chi connectivity index (χ0n) is 10.3. The summed E-state index contributed by atoms with van der Waals surface area (Å²) in [6.45, 7) is 9.97. The van der Waals surface area contributed by atoms with Crippen LogP contribution in [0.15, 0.2) is 0 Å². The normalized spacial score (nSPS) is 34.8. The molecule has 2 heterocycles. The van der Waals surface area contributed by atoms with Gasteiger partial charge in [-0.3, -0.25) is 4.90 Å². The first-order chi connectivity index (χ1) is 7.31. The minimum atomic E-state index is 0.875. The number of piperidine rings is 1. The summed E-state index contributed by atoms with van der Waals surface area (Å²) in [5, 5.41) is 3.46. The maximum atomic E-state index is 3.46. The molecule has 0 amide bonds. The first kappa shape index (κ1) is 11.4. The molecule has 0 aromatic carbocycles. The standard InChI is InChI=1S/C13H26N2/c1-3-13-11(2)6-9-15(13)10-12-4-7-14-8-5-12/h11-14H,3-10H2,1-2H3. The molecule has 0 spiro atoms. The summed E-state index contributed by atoms with van der Waals surface area (Å²) in [6, 6.07) is 0.875. The molecule has 2 heteroatoms. The van der Waals surface area contributed by atoms with Gasteiger partial charge in [0.15, 0.2) is 0 Å². The monoisotopic (exact) mass is 210 g/mol. The molecule has 2 saturated heterocycles. The lowest BCUT2D eigenvalue weighted by molar-refractivity contribution is 0.174. The third kappa shape index (κ3) is 2.73. The van der Waals surface area contributed by atoms with Crippen LogP contribution in [0.4, 0.5) is 0 Å². The van der Waals surface area contributed by atoms with Crippen LogP contribution in [0.5, 0.6) is 0 Å². The lowest BCUT2D eigenvalue weighted by Crippen LogP contribution is -2.39. The van der Waals surface area contributed by atoms with E-state index in [1.165, 1.54) is 51.9 Å². The molecule has 1 N–H and O–H groups in total. The van der Waals surface area contributed by atoms with Crippen molar-refractivity contribution in [3.05, 3.63) is 0 Å². The quantitative estimate of drug-likeness (QED) is 0.767. The summed E-state index contributed by atoms with van der Waals surface area (Å²) in [5.41, 5.74) is 0. The highest BCUT2D eigenvalue weighted by atomic mass is 15.2. The molecular formula is C13H26N2. The van der Waals surface area contributed by atoms with Crippen LogP contribution < -0.4 is 5.32 Å². The van der Waals surface area contributed by atoms with Crippen molar-refractivity contribution in [2.75, 3.05) is 26.2 Å². The number of hydrogen-bond donors (Lipinski definition) is 1. The van der Waals surface area contributed by atoms with E-state index in [2.05, 4.69) is 24.1 Å². The molecule has 2 aliphatic rings. The molecule has 0 radical (unpaired) electrons. The molecule has 0 aromatic rings. The van der Waals surface area contributed by atoms with Crippen molar-refractivity contribution < 1.29 is 0 Å². The Kier molecular flexibility index (Phi) is 4.04. The number of rotatable bonds is 3. The van der Waals surface area contributed by atoms with Crippen molar-refractivity contribution in [1.82, 2.24) is 10.2 Å². The Morgan fingerprint density at radius 3 is 2.60 bits per heavy atom. The third-order valence-electron chi connectivity index (χ3n) is 4.37. The van der Waals surface area contributed by atoms with E-state index in [9.17, 15) is 0 Å². The van der Waals surface area contributed by atoms with Gasteiger partial charge in [0.2, 0.25) is 0 Å². The Labute approximate surface area is 94.4 Å². The predicted octanol–water partition coefficient (Wildman–Crippen LogP) is 2.11. The van der Waals surface area contributed by atoms with Crippen LogP contribution in [0.3, 0.4) is 0 Å². The Bertz CT molecular complexity index is 187. The van der Waals surface area contributed by atoms with E-state index in [4.69, 9.17) is 0 Å². The minimum Gasteiger partial charge on any atom is -0.317 e. The molecule has 0 aliphatic carbocycles. The van der Waals surface area contributed by atoms with Gasteiger partial charge >= 0.3 is 0 Å². The van der Waals surface area contributed by atoms with E-state index in [0.717, 1.165) is 17.9 Å². The highest BCUT2D eigenvalue weighted by Gasteiger charge is 2.31. The van der Waals surface area contributed by atoms with Gasteiger partial charge < -0.3 is 5.32 Å². The fraction of sp³-hybridized carbons (Fsp3) is 1.00. The molecule has 0 bridgehead atoms. The number of nitrogens with one attached hydrogen (secondary N) is 1. The van der Waals surface area contributed by atoms with Gasteiger partial charge in [0.05, 0.1) is 0 Å². The second-order valence-electron chi connectivity index (χ2n) is 5.43. The van der Waals surface area contributed by atoms with Crippen LogP contribution in [0.1, 0.15) is 39.5 Å². The second kappa shape index (κ2) is 5.31. The average Bonchev–Trinajstić information content (AvgIpc) is 2.61. The van der Waals surface area contributed by atoms with Gasteiger partial charge in [0.1, 0.15) is 0 Å². The lowest BCUT2D eigenvalue weighted by Gasteiger charge is -2.31. The van der Waals surface area contributed by atoms with Crippen LogP contribution in [-0.2, 0) is 0 Å². The molecule has 2 nitrogen and oxygen atoms in total. The van der Waals surface area contributed by atoms with E-state index in [-0.39, 0.29) is 0 Å². The topological polar surface area (TPSA) is 15.3 Å². The maximum Gasteiger partial charge on any atom is 0.0119 e.